The van der Waals surface area contributed by atoms with Crippen molar-refractivity contribution in [2.45, 2.75) is 19.0 Å². The van der Waals surface area contributed by atoms with Crippen LogP contribution in [0.25, 0.3) is 5.69 Å². The first-order chi connectivity index (χ1) is 15.1. The molecule has 2 aromatic heterocycles. The predicted molar refractivity (Wildman–Crippen MR) is 133 cm³/mol. The van der Waals surface area contributed by atoms with Gasteiger partial charge in [-0.3, -0.25) is 4.98 Å². The maximum atomic E-state index is 5.85. The molecule has 0 amide bonds. The van der Waals surface area contributed by atoms with Crippen LogP contribution in [0, 0.1) is 6.92 Å². The van der Waals surface area contributed by atoms with Gasteiger partial charge in [-0.1, -0.05) is 40.2 Å². The molecule has 0 saturated carbocycles. The molecule has 1 saturated heterocycles. The van der Waals surface area contributed by atoms with E-state index in [1.807, 2.05) is 24.4 Å². The molecule has 6 heteroatoms. The van der Waals surface area contributed by atoms with E-state index in [0.717, 1.165) is 27.2 Å². The van der Waals surface area contributed by atoms with Gasteiger partial charge < -0.3 is 14.8 Å². The fourth-order valence-electron chi connectivity index (χ4n) is 4.17. The lowest BCUT2D eigenvalue weighted by Crippen LogP contribution is -2.30. The Hall–Kier alpha value is -2.96. The SMILES string of the molecule is Cc1cc(N2C(=S)N[C@@H](c3ccccn3)[C@@H]2c2cccn2-c2ccccc2)ccc1Br. The van der Waals surface area contributed by atoms with E-state index in [9.17, 15) is 0 Å². The first-order valence-corrected chi connectivity index (χ1v) is 11.3. The normalized spacial score (nSPS) is 18.3. The van der Waals surface area contributed by atoms with E-state index in [-0.39, 0.29) is 12.1 Å². The van der Waals surface area contributed by atoms with Crippen LogP contribution in [0.5, 0.6) is 0 Å². The second-order valence-corrected chi connectivity index (χ2v) is 8.81. The molecule has 0 radical (unpaired) electrons. The van der Waals surface area contributed by atoms with Gasteiger partial charge in [0.15, 0.2) is 5.11 Å². The van der Waals surface area contributed by atoms with Gasteiger partial charge in [-0.25, -0.2) is 0 Å². The summed E-state index contributed by atoms with van der Waals surface area (Å²) in [5, 5.41) is 4.24. The maximum absolute atomic E-state index is 5.85. The van der Waals surface area contributed by atoms with Crippen molar-refractivity contribution >= 4 is 38.9 Å². The number of hydrogen-bond acceptors (Lipinski definition) is 2. The molecule has 0 bridgehead atoms. The Labute approximate surface area is 195 Å². The first kappa shape index (κ1) is 20.0. The van der Waals surface area contributed by atoms with Crippen molar-refractivity contribution in [2.75, 3.05) is 4.90 Å². The van der Waals surface area contributed by atoms with Crippen LogP contribution in [0.2, 0.25) is 0 Å². The molecule has 1 N–H and O–H groups in total. The number of rotatable bonds is 4. The van der Waals surface area contributed by atoms with Crippen molar-refractivity contribution in [1.29, 1.82) is 0 Å². The van der Waals surface area contributed by atoms with Crippen molar-refractivity contribution in [3.05, 3.63) is 113 Å². The van der Waals surface area contributed by atoms with Crippen LogP contribution < -0.4 is 10.2 Å². The van der Waals surface area contributed by atoms with E-state index in [0.29, 0.717) is 5.11 Å². The smallest absolute Gasteiger partial charge is 0.174 e. The minimum Gasteiger partial charge on any atom is -0.351 e. The number of nitrogens with zero attached hydrogens (tertiary/aromatic N) is 3. The van der Waals surface area contributed by atoms with Crippen molar-refractivity contribution in [3.63, 3.8) is 0 Å². The zero-order chi connectivity index (χ0) is 21.4. The standard InChI is InChI=1S/C25H21BrN4S/c1-17-16-19(12-13-20(17)26)30-24(23(28-25(30)31)21-10-5-6-14-27-21)22-11-7-15-29(22)18-8-3-2-4-9-18/h2-16,23-24H,1H3,(H,28,31)/t23-,24-/m0/s1. The molecule has 1 aliphatic heterocycles. The Morgan fingerprint density at radius 3 is 2.48 bits per heavy atom. The molecule has 31 heavy (non-hydrogen) atoms. The number of nitrogens with one attached hydrogen (secondary N) is 1. The lowest BCUT2D eigenvalue weighted by Gasteiger charge is -2.29. The second kappa shape index (κ2) is 8.29. The fraction of sp³-hybridized carbons (Fsp3) is 0.120. The van der Waals surface area contributed by atoms with Gasteiger partial charge in [0.25, 0.3) is 0 Å². The van der Waals surface area contributed by atoms with E-state index >= 15 is 0 Å². The molecule has 4 aromatic rings. The Balaban J connectivity index is 1.68. The van der Waals surface area contributed by atoms with Crippen molar-refractivity contribution in [1.82, 2.24) is 14.9 Å². The van der Waals surface area contributed by atoms with Crippen LogP contribution in [-0.4, -0.2) is 14.7 Å². The zero-order valence-electron chi connectivity index (χ0n) is 16.9. The van der Waals surface area contributed by atoms with Gasteiger partial charge >= 0.3 is 0 Å². The molecule has 1 aliphatic rings. The summed E-state index contributed by atoms with van der Waals surface area (Å²) in [4.78, 5) is 6.86. The summed E-state index contributed by atoms with van der Waals surface area (Å²) in [6.45, 7) is 2.10. The third kappa shape index (κ3) is 3.66. The number of pyridine rings is 1. The summed E-state index contributed by atoms with van der Waals surface area (Å²) < 4.78 is 3.31. The molecule has 2 atom stereocenters. The molecule has 2 aromatic carbocycles. The lowest BCUT2D eigenvalue weighted by molar-refractivity contribution is 0.549. The number of halogens is 1. The summed E-state index contributed by atoms with van der Waals surface area (Å²) in [6, 6.07) is 26.9. The molecule has 1 fully saturated rings. The molecular weight excluding hydrogens is 468 g/mol. The quantitative estimate of drug-likeness (QED) is 0.350. The van der Waals surface area contributed by atoms with Crippen LogP contribution in [0.4, 0.5) is 5.69 Å². The molecule has 0 spiro atoms. The summed E-state index contributed by atoms with van der Waals surface area (Å²) in [5.41, 5.74) is 5.45. The first-order valence-electron chi connectivity index (χ1n) is 10.1. The monoisotopic (exact) mass is 488 g/mol. The average molecular weight is 489 g/mol. The average Bonchev–Trinajstić information content (AvgIpc) is 3.41. The summed E-state index contributed by atoms with van der Waals surface area (Å²) >= 11 is 9.47. The van der Waals surface area contributed by atoms with Crippen LogP contribution >= 0.6 is 28.1 Å². The van der Waals surface area contributed by atoms with Crippen LogP contribution in [0.15, 0.2) is 95.7 Å². The van der Waals surface area contributed by atoms with E-state index < -0.39 is 0 Å². The minimum absolute atomic E-state index is 0.0572. The highest BCUT2D eigenvalue weighted by Gasteiger charge is 2.42. The largest absolute Gasteiger partial charge is 0.351 e. The van der Waals surface area contributed by atoms with Crippen LogP contribution in [0.1, 0.15) is 29.0 Å². The van der Waals surface area contributed by atoms with Gasteiger partial charge in [0.05, 0.1) is 11.7 Å². The number of thiocarbonyl (C=S) groups is 1. The molecular formula is C25H21BrN4S. The molecule has 0 aliphatic carbocycles. The van der Waals surface area contributed by atoms with E-state index in [1.165, 1.54) is 5.56 Å². The van der Waals surface area contributed by atoms with Crippen LogP contribution in [-0.2, 0) is 0 Å². The highest BCUT2D eigenvalue weighted by atomic mass is 79.9. The van der Waals surface area contributed by atoms with Crippen molar-refractivity contribution in [3.8, 4) is 5.69 Å². The van der Waals surface area contributed by atoms with Gasteiger partial charge in [-0.15, -0.1) is 0 Å². The maximum Gasteiger partial charge on any atom is 0.174 e. The molecule has 4 nitrogen and oxygen atoms in total. The van der Waals surface area contributed by atoms with Crippen molar-refractivity contribution in [2.24, 2.45) is 0 Å². The van der Waals surface area contributed by atoms with E-state index in [2.05, 4.69) is 109 Å². The Morgan fingerprint density at radius 2 is 1.74 bits per heavy atom. The molecule has 3 heterocycles. The Bertz CT molecular complexity index is 1220. The lowest BCUT2D eigenvalue weighted by atomic mass is 10.0. The van der Waals surface area contributed by atoms with E-state index in [1.54, 1.807) is 0 Å². The van der Waals surface area contributed by atoms with Gasteiger partial charge in [0, 0.05) is 33.9 Å². The van der Waals surface area contributed by atoms with Crippen LogP contribution in [0.3, 0.4) is 0 Å². The van der Waals surface area contributed by atoms with Gasteiger partial charge in [-0.2, -0.15) is 0 Å². The molecule has 154 valence electrons. The van der Waals surface area contributed by atoms with E-state index in [4.69, 9.17) is 12.2 Å². The number of aryl methyl sites for hydroxylation is 1. The predicted octanol–water partition coefficient (Wildman–Crippen LogP) is 6.12. The van der Waals surface area contributed by atoms with Gasteiger partial charge in [0.1, 0.15) is 6.04 Å². The third-order valence-electron chi connectivity index (χ3n) is 5.64. The minimum atomic E-state index is -0.0741. The number of para-hydroxylation sites is 1. The van der Waals surface area contributed by atoms with Gasteiger partial charge in [0.2, 0.25) is 0 Å². The summed E-state index contributed by atoms with van der Waals surface area (Å²) in [5.74, 6) is 0. The highest BCUT2D eigenvalue weighted by Crippen LogP contribution is 2.42. The Morgan fingerprint density at radius 1 is 0.935 bits per heavy atom. The summed E-state index contributed by atoms with van der Waals surface area (Å²) in [6.07, 6.45) is 3.94. The summed E-state index contributed by atoms with van der Waals surface area (Å²) in [7, 11) is 0. The molecule has 0 unspecified atom stereocenters. The number of benzene rings is 2. The number of anilines is 1. The topological polar surface area (TPSA) is 33.1 Å². The van der Waals surface area contributed by atoms with Gasteiger partial charge in [-0.05, 0) is 79.3 Å². The zero-order valence-corrected chi connectivity index (χ0v) is 19.3. The fourth-order valence-corrected chi connectivity index (χ4v) is 4.76. The second-order valence-electron chi connectivity index (χ2n) is 7.57. The third-order valence-corrected chi connectivity index (χ3v) is 6.84. The number of aromatic nitrogens is 2. The Kier molecular flexibility index (Phi) is 5.34. The van der Waals surface area contributed by atoms with Crippen molar-refractivity contribution < 1.29 is 0 Å². The molecule has 5 rings (SSSR count). The highest BCUT2D eigenvalue weighted by molar-refractivity contribution is 9.10. The number of hydrogen-bond donors (Lipinski definition) is 1.